The topological polar surface area (TPSA) is 72.8 Å². The van der Waals surface area contributed by atoms with Crippen molar-refractivity contribution in [3.8, 4) is 11.5 Å². The van der Waals surface area contributed by atoms with Crippen LogP contribution in [-0.2, 0) is 11.3 Å². The number of hydrogen-bond acceptors (Lipinski definition) is 5. The number of benzene rings is 2. The van der Waals surface area contributed by atoms with Crippen molar-refractivity contribution in [3.05, 3.63) is 59.2 Å². The van der Waals surface area contributed by atoms with Crippen LogP contribution in [0.3, 0.4) is 0 Å². The second-order valence-corrected chi connectivity index (χ2v) is 4.69. The van der Waals surface area contributed by atoms with Gasteiger partial charge < -0.3 is 14.6 Å². The van der Waals surface area contributed by atoms with Crippen molar-refractivity contribution in [2.45, 2.75) is 13.5 Å². The number of carbonyl (C=O) groups is 2. The first-order chi connectivity index (χ1) is 10.5. The molecule has 0 heterocycles. The monoisotopic (exact) mass is 300 g/mol. The smallest absolute Gasteiger partial charge is 0.338 e. The van der Waals surface area contributed by atoms with Crippen LogP contribution in [0.25, 0.3) is 0 Å². The molecule has 0 saturated heterocycles. The average Bonchev–Trinajstić information content (AvgIpc) is 2.53. The molecule has 5 nitrogen and oxygen atoms in total. The molecule has 1 N–H and O–H groups in total. The van der Waals surface area contributed by atoms with Crippen LogP contribution in [-0.4, -0.2) is 24.0 Å². The van der Waals surface area contributed by atoms with Gasteiger partial charge >= 0.3 is 5.97 Å². The summed E-state index contributed by atoms with van der Waals surface area (Å²) in [5, 5.41) is 9.97. The minimum atomic E-state index is -0.658. The number of rotatable bonds is 5. The molecule has 0 aliphatic rings. The van der Waals surface area contributed by atoms with Gasteiger partial charge in [-0.3, -0.25) is 4.79 Å². The van der Waals surface area contributed by atoms with Gasteiger partial charge in [0.15, 0.2) is 17.3 Å². The molecule has 0 fully saturated rings. The van der Waals surface area contributed by atoms with E-state index in [-0.39, 0.29) is 35.0 Å². The summed E-state index contributed by atoms with van der Waals surface area (Å²) in [6.45, 7) is 1.54. The lowest BCUT2D eigenvalue weighted by molar-refractivity contribution is 0.0596. The Morgan fingerprint density at radius 2 is 1.77 bits per heavy atom. The SMILES string of the molecule is COC(=O)c1cc(OCc2ccccc2)c(O)cc1C(C)=O. The van der Waals surface area contributed by atoms with Crippen molar-refractivity contribution >= 4 is 11.8 Å². The summed E-state index contributed by atoms with van der Waals surface area (Å²) in [4.78, 5) is 23.3. The Balaban J connectivity index is 2.32. The number of methoxy groups -OCH3 is 1. The number of Topliss-reactive ketones (excluding diaryl/α,β-unsaturated/α-hetero) is 1. The van der Waals surface area contributed by atoms with E-state index in [9.17, 15) is 14.7 Å². The summed E-state index contributed by atoms with van der Waals surface area (Å²) < 4.78 is 10.2. The summed E-state index contributed by atoms with van der Waals surface area (Å²) in [5.74, 6) is -1.08. The highest BCUT2D eigenvalue weighted by molar-refractivity contribution is 6.06. The molecule has 2 aromatic carbocycles. The maximum absolute atomic E-state index is 11.8. The predicted octanol–water partition coefficient (Wildman–Crippen LogP) is 2.96. The molecular formula is C17H16O5. The van der Waals surface area contributed by atoms with E-state index in [4.69, 9.17) is 4.74 Å². The number of esters is 1. The number of ketones is 1. The third-order valence-electron chi connectivity index (χ3n) is 3.12. The molecule has 22 heavy (non-hydrogen) atoms. The van der Waals surface area contributed by atoms with Crippen molar-refractivity contribution in [3.63, 3.8) is 0 Å². The predicted molar refractivity (Wildman–Crippen MR) is 80.2 cm³/mol. The van der Waals surface area contributed by atoms with E-state index in [2.05, 4.69) is 4.74 Å². The molecule has 2 aromatic rings. The summed E-state index contributed by atoms with van der Waals surface area (Å²) >= 11 is 0. The quantitative estimate of drug-likeness (QED) is 0.679. The second kappa shape index (κ2) is 6.76. The van der Waals surface area contributed by atoms with E-state index in [1.807, 2.05) is 30.3 Å². The Morgan fingerprint density at radius 1 is 1.09 bits per heavy atom. The summed E-state index contributed by atoms with van der Waals surface area (Å²) in [7, 11) is 1.23. The lowest BCUT2D eigenvalue weighted by atomic mass is 10.0. The fraction of sp³-hybridized carbons (Fsp3) is 0.176. The molecular weight excluding hydrogens is 284 g/mol. The normalized spacial score (nSPS) is 10.1. The van der Waals surface area contributed by atoms with E-state index >= 15 is 0 Å². The molecule has 0 atom stereocenters. The Hall–Kier alpha value is -2.82. The first kappa shape index (κ1) is 15.6. The summed E-state index contributed by atoms with van der Waals surface area (Å²) in [6.07, 6.45) is 0. The maximum Gasteiger partial charge on any atom is 0.338 e. The number of aromatic hydroxyl groups is 1. The zero-order chi connectivity index (χ0) is 16.1. The van der Waals surface area contributed by atoms with Crippen molar-refractivity contribution < 1.29 is 24.2 Å². The van der Waals surface area contributed by atoms with Gasteiger partial charge in [0.05, 0.1) is 12.7 Å². The summed E-state index contributed by atoms with van der Waals surface area (Å²) in [6, 6.07) is 11.9. The minimum Gasteiger partial charge on any atom is -0.504 e. The van der Waals surface area contributed by atoms with Crippen LogP contribution in [0.2, 0.25) is 0 Å². The van der Waals surface area contributed by atoms with Crippen molar-refractivity contribution in [2.75, 3.05) is 7.11 Å². The minimum absolute atomic E-state index is 0.0656. The Morgan fingerprint density at radius 3 is 2.36 bits per heavy atom. The highest BCUT2D eigenvalue weighted by Gasteiger charge is 2.19. The molecule has 0 amide bonds. The largest absolute Gasteiger partial charge is 0.504 e. The Bertz CT molecular complexity index is 692. The standard InChI is InChI=1S/C17H16O5/c1-11(18)13-8-15(19)16(9-14(13)17(20)21-2)22-10-12-6-4-3-5-7-12/h3-9,19H,10H2,1-2H3. The van der Waals surface area contributed by atoms with Gasteiger partial charge in [-0.25, -0.2) is 4.79 Å². The number of phenolic OH excluding ortho intramolecular Hbond substituents is 1. The first-order valence-electron chi connectivity index (χ1n) is 6.66. The third kappa shape index (κ3) is 3.44. The number of carbonyl (C=O) groups excluding carboxylic acids is 2. The van der Waals surface area contributed by atoms with Gasteiger partial charge in [0, 0.05) is 5.56 Å². The fourth-order valence-corrected chi connectivity index (χ4v) is 1.99. The molecule has 0 aliphatic heterocycles. The highest BCUT2D eigenvalue weighted by Crippen LogP contribution is 2.31. The van der Waals surface area contributed by atoms with Crippen molar-refractivity contribution in [2.24, 2.45) is 0 Å². The van der Waals surface area contributed by atoms with Gasteiger partial charge in [-0.1, -0.05) is 30.3 Å². The van der Waals surface area contributed by atoms with Gasteiger partial charge in [0.1, 0.15) is 6.61 Å². The molecule has 0 saturated carbocycles. The third-order valence-corrected chi connectivity index (χ3v) is 3.12. The molecule has 0 bridgehead atoms. The van der Waals surface area contributed by atoms with Crippen LogP contribution >= 0.6 is 0 Å². The van der Waals surface area contributed by atoms with Gasteiger partial charge in [-0.05, 0) is 24.6 Å². The van der Waals surface area contributed by atoms with Crippen LogP contribution in [0.15, 0.2) is 42.5 Å². The zero-order valence-corrected chi connectivity index (χ0v) is 12.3. The molecule has 0 spiro atoms. The average molecular weight is 300 g/mol. The van der Waals surface area contributed by atoms with E-state index in [0.29, 0.717) is 0 Å². The van der Waals surface area contributed by atoms with E-state index in [1.165, 1.54) is 26.2 Å². The molecule has 0 unspecified atom stereocenters. The highest BCUT2D eigenvalue weighted by atomic mass is 16.5. The van der Waals surface area contributed by atoms with Crippen LogP contribution in [0.5, 0.6) is 11.5 Å². The molecule has 2 rings (SSSR count). The van der Waals surface area contributed by atoms with Crippen LogP contribution in [0, 0.1) is 0 Å². The molecule has 114 valence electrons. The number of ether oxygens (including phenoxy) is 2. The lowest BCUT2D eigenvalue weighted by Gasteiger charge is -2.12. The summed E-state index contributed by atoms with van der Waals surface area (Å²) in [5.41, 5.74) is 1.07. The number of phenols is 1. The van der Waals surface area contributed by atoms with Crippen LogP contribution < -0.4 is 4.74 Å². The molecule has 0 aromatic heterocycles. The van der Waals surface area contributed by atoms with Crippen molar-refractivity contribution in [1.29, 1.82) is 0 Å². The van der Waals surface area contributed by atoms with Gasteiger partial charge in [0.2, 0.25) is 0 Å². The Labute approximate surface area is 128 Å². The molecule has 5 heteroatoms. The number of hydrogen-bond donors (Lipinski definition) is 1. The van der Waals surface area contributed by atoms with Crippen LogP contribution in [0.1, 0.15) is 33.2 Å². The van der Waals surface area contributed by atoms with Crippen molar-refractivity contribution in [1.82, 2.24) is 0 Å². The van der Waals surface area contributed by atoms with Gasteiger partial charge in [0.25, 0.3) is 0 Å². The zero-order valence-electron chi connectivity index (χ0n) is 12.3. The van der Waals surface area contributed by atoms with E-state index in [0.717, 1.165) is 5.56 Å². The van der Waals surface area contributed by atoms with Gasteiger partial charge in [-0.15, -0.1) is 0 Å². The van der Waals surface area contributed by atoms with E-state index in [1.54, 1.807) is 0 Å². The Kier molecular flexibility index (Phi) is 4.78. The van der Waals surface area contributed by atoms with Gasteiger partial charge in [-0.2, -0.15) is 0 Å². The maximum atomic E-state index is 11.8. The lowest BCUT2D eigenvalue weighted by Crippen LogP contribution is -2.09. The fourth-order valence-electron chi connectivity index (χ4n) is 1.99. The second-order valence-electron chi connectivity index (χ2n) is 4.69. The molecule has 0 aliphatic carbocycles. The first-order valence-corrected chi connectivity index (χ1v) is 6.66. The van der Waals surface area contributed by atoms with E-state index < -0.39 is 5.97 Å². The van der Waals surface area contributed by atoms with Crippen LogP contribution in [0.4, 0.5) is 0 Å². The molecule has 0 radical (unpaired) electrons.